The Kier molecular flexibility index (Phi) is 1.89. The van der Waals surface area contributed by atoms with Crippen LogP contribution in [0.3, 0.4) is 0 Å². The number of nitrogens with two attached hydrogens (primary N) is 1. The first kappa shape index (κ1) is 8.73. The first-order valence-electron chi connectivity index (χ1n) is 3.10. The maximum Gasteiger partial charge on any atom is 0.327 e. The van der Waals surface area contributed by atoms with Crippen LogP contribution in [0, 0.1) is 0 Å². The molecule has 0 aromatic heterocycles. The topological polar surface area (TPSA) is 66.5 Å². The van der Waals surface area contributed by atoms with Crippen molar-refractivity contribution in [3.8, 4) is 11.5 Å². The molecular formula is C7H7F2NO2. The summed E-state index contributed by atoms with van der Waals surface area (Å²) in [6.45, 7) is 0. The third kappa shape index (κ3) is 1.62. The summed E-state index contributed by atoms with van der Waals surface area (Å²) in [5.74, 6) is -1.07. The molecule has 0 amide bonds. The van der Waals surface area contributed by atoms with Gasteiger partial charge in [-0.1, -0.05) is 0 Å². The second kappa shape index (κ2) is 2.60. The molecular weight excluding hydrogens is 168 g/mol. The van der Waals surface area contributed by atoms with Crippen LogP contribution < -0.4 is 5.73 Å². The molecule has 0 aliphatic heterocycles. The van der Waals surface area contributed by atoms with Gasteiger partial charge in [0.05, 0.1) is 0 Å². The summed E-state index contributed by atoms with van der Waals surface area (Å²) in [5.41, 5.74) is 3.91. The molecule has 0 aliphatic rings. The molecule has 0 fully saturated rings. The zero-order valence-electron chi connectivity index (χ0n) is 5.96. The van der Waals surface area contributed by atoms with E-state index in [4.69, 9.17) is 10.2 Å². The molecule has 12 heavy (non-hydrogen) atoms. The van der Waals surface area contributed by atoms with Crippen LogP contribution in [0.15, 0.2) is 18.2 Å². The normalized spacial score (nSPS) is 11.6. The molecule has 0 radical (unpaired) electrons. The van der Waals surface area contributed by atoms with E-state index in [-0.39, 0.29) is 0 Å². The molecule has 1 rings (SSSR count). The Morgan fingerprint density at radius 2 is 1.75 bits per heavy atom. The summed E-state index contributed by atoms with van der Waals surface area (Å²) in [7, 11) is 0. The maximum atomic E-state index is 12.4. The van der Waals surface area contributed by atoms with Gasteiger partial charge in [-0.3, -0.25) is 5.73 Å². The number of phenols is 2. The molecule has 0 saturated carbocycles. The quantitative estimate of drug-likeness (QED) is 0.442. The van der Waals surface area contributed by atoms with E-state index in [1.165, 1.54) is 0 Å². The van der Waals surface area contributed by atoms with Crippen LogP contribution in [0.5, 0.6) is 11.5 Å². The highest BCUT2D eigenvalue weighted by atomic mass is 19.3. The van der Waals surface area contributed by atoms with Crippen molar-refractivity contribution in [2.45, 2.75) is 6.05 Å². The third-order valence-corrected chi connectivity index (χ3v) is 1.36. The van der Waals surface area contributed by atoms with Crippen LogP contribution in [-0.4, -0.2) is 10.2 Å². The average molecular weight is 175 g/mol. The van der Waals surface area contributed by atoms with Crippen molar-refractivity contribution in [3.63, 3.8) is 0 Å². The van der Waals surface area contributed by atoms with Crippen molar-refractivity contribution in [2.24, 2.45) is 5.73 Å². The van der Waals surface area contributed by atoms with Gasteiger partial charge in [0.1, 0.15) is 0 Å². The van der Waals surface area contributed by atoms with Crippen LogP contribution >= 0.6 is 0 Å². The smallest absolute Gasteiger partial charge is 0.327 e. The van der Waals surface area contributed by atoms with Gasteiger partial charge in [-0.2, -0.15) is 8.78 Å². The molecule has 5 heteroatoms. The summed E-state index contributed by atoms with van der Waals surface area (Å²) >= 11 is 0. The van der Waals surface area contributed by atoms with Gasteiger partial charge in [0.15, 0.2) is 11.5 Å². The number of halogens is 2. The van der Waals surface area contributed by atoms with Crippen molar-refractivity contribution in [1.29, 1.82) is 0 Å². The molecule has 3 nitrogen and oxygen atoms in total. The van der Waals surface area contributed by atoms with Gasteiger partial charge in [0.2, 0.25) is 0 Å². The zero-order valence-corrected chi connectivity index (χ0v) is 5.96. The zero-order chi connectivity index (χ0) is 9.35. The monoisotopic (exact) mass is 175 g/mol. The summed E-state index contributed by atoms with van der Waals surface area (Å²) in [4.78, 5) is 0. The Hall–Kier alpha value is -1.36. The Labute approximate surface area is 67.1 Å². The lowest BCUT2D eigenvalue weighted by atomic mass is 10.2. The second-order valence-corrected chi connectivity index (χ2v) is 2.33. The van der Waals surface area contributed by atoms with E-state index in [0.717, 1.165) is 18.2 Å². The number of hydrogen-bond acceptors (Lipinski definition) is 3. The fourth-order valence-corrected chi connectivity index (χ4v) is 0.731. The Bertz CT molecular complexity index is 296. The Morgan fingerprint density at radius 3 is 2.17 bits per heavy atom. The van der Waals surface area contributed by atoms with Crippen molar-refractivity contribution < 1.29 is 19.0 Å². The fraction of sp³-hybridized carbons (Fsp3) is 0.143. The van der Waals surface area contributed by atoms with Gasteiger partial charge >= 0.3 is 6.05 Å². The van der Waals surface area contributed by atoms with Crippen LogP contribution in [0.25, 0.3) is 0 Å². The van der Waals surface area contributed by atoms with Crippen molar-refractivity contribution in [2.75, 3.05) is 0 Å². The number of rotatable bonds is 1. The van der Waals surface area contributed by atoms with Crippen LogP contribution in [-0.2, 0) is 6.05 Å². The molecule has 0 atom stereocenters. The van der Waals surface area contributed by atoms with Gasteiger partial charge in [0.25, 0.3) is 0 Å². The molecule has 0 unspecified atom stereocenters. The van der Waals surface area contributed by atoms with E-state index in [0.29, 0.717) is 0 Å². The lowest BCUT2D eigenvalue weighted by Gasteiger charge is -2.10. The predicted molar refractivity (Wildman–Crippen MR) is 37.9 cm³/mol. The average Bonchev–Trinajstić information content (AvgIpc) is 1.92. The minimum Gasteiger partial charge on any atom is -0.504 e. The number of phenolic OH excluding ortho intramolecular Hbond substituents is 2. The van der Waals surface area contributed by atoms with Gasteiger partial charge in [0, 0.05) is 5.56 Å². The number of benzene rings is 1. The summed E-state index contributed by atoms with van der Waals surface area (Å²) in [5, 5.41) is 17.6. The lowest BCUT2D eigenvalue weighted by molar-refractivity contribution is 0.00274. The highest BCUT2D eigenvalue weighted by molar-refractivity contribution is 5.41. The maximum absolute atomic E-state index is 12.4. The van der Waals surface area contributed by atoms with E-state index in [9.17, 15) is 8.78 Å². The summed E-state index contributed by atoms with van der Waals surface area (Å²) in [6.07, 6.45) is 0. The summed E-state index contributed by atoms with van der Waals surface area (Å²) < 4.78 is 24.7. The van der Waals surface area contributed by atoms with Crippen molar-refractivity contribution in [1.82, 2.24) is 0 Å². The Balaban J connectivity index is 3.14. The van der Waals surface area contributed by atoms with E-state index in [1.807, 2.05) is 0 Å². The fourth-order valence-electron chi connectivity index (χ4n) is 0.731. The summed E-state index contributed by atoms with van der Waals surface area (Å²) in [6, 6.07) is -0.888. The third-order valence-electron chi connectivity index (χ3n) is 1.36. The predicted octanol–water partition coefficient (Wildman–Crippen LogP) is 1.11. The van der Waals surface area contributed by atoms with Crippen molar-refractivity contribution in [3.05, 3.63) is 23.8 Å². The van der Waals surface area contributed by atoms with Gasteiger partial charge in [-0.15, -0.1) is 0 Å². The molecule has 1 aromatic carbocycles. The molecule has 0 bridgehead atoms. The van der Waals surface area contributed by atoms with Gasteiger partial charge < -0.3 is 10.2 Å². The first-order valence-corrected chi connectivity index (χ1v) is 3.10. The Morgan fingerprint density at radius 1 is 1.17 bits per heavy atom. The molecule has 0 spiro atoms. The highest BCUT2D eigenvalue weighted by Gasteiger charge is 2.25. The van der Waals surface area contributed by atoms with Gasteiger partial charge in [-0.25, -0.2) is 0 Å². The van der Waals surface area contributed by atoms with Crippen molar-refractivity contribution >= 4 is 0 Å². The SMILES string of the molecule is NC(F)(F)c1ccc(O)c(O)c1. The van der Waals surface area contributed by atoms with E-state index in [1.54, 1.807) is 0 Å². The standard InChI is InChI=1S/C7H7F2NO2/c8-7(9,10)4-1-2-5(11)6(12)3-4/h1-3,11-12H,10H2. The second-order valence-electron chi connectivity index (χ2n) is 2.33. The lowest BCUT2D eigenvalue weighted by Crippen LogP contribution is -2.24. The molecule has 66 valence electrons. The molecule has 4 N–H and O–H groups in total. The van der Waals surface area contributed by atoms with E-state index in [2.05, 4.69) is 5.73 Å². The number of aromatic hydroxyl groups is 2. The van der Waals surface area contributed by atoms with Crippen LogP contribution in [0.2, 0.25) is 0 Å². The molecule has 0 saturated heterocycles. The van der Waals surface area contributed by atoms with Crippen LogP contribution in [0.1, 0.15) is 5.56 Å². The first-order chi connectivity index (χ1) is 5.41. The minimum atomic E-state index is -3.49. The largest absolute Gasteiger partial charge is 0.504 e. The number of hydrogen-bond donors (Lipinski definition) is 3. The molecule has 0 aliphatic carbocycles. The highest BCUT2D eigenvalue weighted by Crippen LogP contribution is 2.30. The molecule has 1 aromatic rings. The molecule has 0 heterocycles. The minimum absolute atomic E-state index is 0.456. The van der Waals surface area contributed by atoms with E-state index < -0.39 is 23.1 Å². The van der Waals surface area contributed by atoms with Crippen LogP contribution in [0.4, 0.5) is 8.78 Å². The van der Waals surface area contributed by atoms with E-state index >= 15 is 0 Å². The number of alkyl halides is 2. The van der Waals surface area contributed by atoms with Gasteiger partial charge in [-0.05, 0) is 18.2 Å².